The van der Waals surface area contributed by atoms with E-state index < -0.39 is 0 Å². The number of hydrogen-bond donors (Lipinski definition) is 2. The van der Waals surface area contributed by atoms with Gasteiger partial charge in [0.1, 0.15) is 5.78 Å². The van der Waals surface area contributed by atoms with Crippen molar-refractivity contribution < 1.29 is 15.0 Å². The van der Waals surface area contributed by atoms with Crippen LogP contribution in [0.25, 0.3) is 0 Å². The molecule has 0 amide bonds. The van der Waals surface area contributed by atoms with E-state index in [1.807, 2.05) is 0 Å². The van der Waals surface area contributed by atoms with Gasteiger partial charge in [-0.15, -0.1) is 0 Å². The first-order chi connectivity index (χ1) is 9.65. The van der Waals surface area contributed by atoms with Crippen molar-refractivity contribution in [2.24, 2.45) is 35.5 Å². The molecule has 0 aromatic carbocycles. The van der Waals surface area contributed by atoms with Gasteiger partial charge < -0.3 is 10.2 Å². The number of aliphatic hydroxyl groups is 2. The maximum absolute atomic E-state index is 12.0. The van der Waals surface area contributed by atoms with Crippen molar-refractivity contribution in [2.45, 2.75) is 63.6 Å². The van der Waals surface area contributed by atoms with E-state index in [0.717, 1.165) is 38.5 Å². The van der Waals surface area contributed by atoms with E-state index in [1.165, 1.54) is 12.8 Å². The second kappa shape index (κ2) is 4.81. The Bertz CT molecular complexity index is 407. The van der Waals surface area contributed by atoms with Gasteiger partial charge >= 0.3 is 0 Å². The molecular weight excluding hydrogens is 252 g/mol. The highest BCUT2D eigenvalue weighted by molar-refractivity contribution is 5.83. The molecule has 0 heterocycles. The van der Waals surface area contributed by atoms with Gasteiger partial charge in [-0.05, 0) is 74.5 Å². The Balaban J connectivity index is 1.59. The number of fused-ring (bicyclic) bond motifs is 5. The summed E-state index contributed by atoms with van der Waals surface area (Å²) in [5.41, 5.74) is 0. The average molecular weight is 278 g/mol. The minimum atomic E-state index is -0.272. The Labute approximate surface area is 120 Å². The molecule has 5 unspecified atom stereocenters. The number of rotatable bonds is 0. The van der Waals surface area contributed by atoms with E-state index in [-0.39, 0.29) is 18.1 Å². The molecule has 0 radical (unpaired) electrons. The fraction of sp³-hybridized carbons (Fsp3) is 0.941. The zero-order chi connectivity index (χ0) is 13.9. The van der Waals surface area contributed by atoms with Gasteiger partial charge in [0, 0.05) is 12.3 Å². The van der Waals surface area contributed by atoms with Gasteiger partial charge in [-0.3, -0.25) is 4.79 Å². The summed E-state index contributed by atoms with van der Waals surface area (Å²) in [7, 11) is 0. The smallest absolute Gasteiger partial charge is 0.136 e. The third kappa shape index (κ3) is 1.89. The van der Waals surface area contributed by atoms with Gasteiger partial charge in [-0.25, -0.2) is 0 Å². The van der Waals surface area contributed by atoms with Gasteiger partial charge in [-0.2, -0.15) is 0 Å². The molecule has 0 aromatic rings. The molecule has 4 saturated carbocycles. The maximum Gasteiger partial charge on any atom is 0.136 e. The lowest BCUT2D eigenvalue weighted by Gasteiger charge is -2.53. The van der Waals surface area contributed by atoms with Crippen LogP contribution in [-0.4, -0.2) is 28.2 Å². The number of ketones is 1. The van der Waals surface area contributed by atoms with E-state index >= 15 is 0 Å². The second-order valence-electron chi connectivity index (χ2n) is 7.79. The minimum Gasteiger partial charge on any atom is -0.393 e. The second-order valence-corrected chi connectivity index (χ2v) is 7.79. The van der Waals surface area contributed by atoms with Crippen LogP contribution in [0.5, 0.6) is 0 Å². The Hall–Kier alpha value is -0.410. The molecule has 0 spiro atoms. The molecular formula is C17H26O3. The maximum atomic E-state index is 12.0. The number of Topliss-reactive ketones (excluding diaryl/α,β-unsaturated/α-hetero) is 1. The van der Waals surface area contributed by atoms with Crippen LogP contribution in [0.15, 0.2) is 0 Å². The highest BCUT2D eigenvalue weighted by atomic mass is 16.3. The van der Waals surface area contributed by atoms with Crippen LogP contribution < -0.4 is 0 Å². The van der Waals surface area contributed by atoms with Crippen molar-refractivity contribution in [3.05, 3.63) is 0 Å². The number of aliphatic hydroxyl groups excluding tert-OH is 2. The molecule has 0 bridgehead atoms. The number of carbonyl (C=O) groups is 1. The van der Waals surface area contributed by atoms with Gasteiger partial charge in [0.2, 0.25) is 0 Å². The van der Waals surface area contributed by atoms with Crippen molar-refractivity contribution >= 4 is 5.78 Å². The van der Waals surface area contributed by atoms with Crippen LogP contribution in [0.2, 0.25) is 0 Å². The molecule has 4 rings (SSSR count). The summed E-state index contributed by atoms with van der Waals surface area (Å²) in [6.07, 6.45) is 7.44. The Morgan fingerprint density at radius 1 is 0.850 bits per heavy atom. The quantitative estimate of drug-likeness (QED) is 0.714. The molecule has 2 N–H and O–H groups in total. The van der Waals surface area contributed by atoms with E-state index in [9.17, 15) is 15.0 Å². The van der Waals surface area contributed by atoms with Crippen LogP contribution in [0, 0.1) is 35.5 Å². The number of hydrogen-bond acceptors (Lipinski definition) is 3. The molecule has 8 atom stereocenters. The van der Waals surface area contributed by atoms with Crippen LogP contribution in [0.1, 0.15) is 51.4 Å². The Morgan fingerprint density at radius 3 is 2.50 bits per heavy atom. The summed E-state index contributed by atoms with van der Waals surface area (Å²) in [5.74, 6) is 3.33. The first kappa shape index (κ1) is 13.3. The highest BCUT2D eigenvalue weighted by Crippen LogP contribution is 2.57. The molecule has 4 aliphatic rings. The molecule has 4 aliphatic carbocycles. The third-order valence-corrected chi connectivity index (χ3v) is 7.02. The Kier molecular flexibility index (Phi) is 3.19. The zero-order valence-corrected chi connectivity index (χ0v) is 12.1. The van der Waals surface area contributed by atoms with Crippen molar-refractivity contribution in [1.82, 2.24) is 0 Å². The molecule has 112 valence electrons. The molecule has 4 fully saturated rings. The van der Waals surface area contributed by atoms with Crippen LogP contribution in [-0.2, 0) is 4.79 Å². The van der Waals surface area contributed by atoms with Crippen LogP contribution >= 0.6 is 0 Å². The highest BCUT2D eigenvalue weighted by Gasteiger charge is 2.54. The summed E-state index contributed by atoms with van der Waals surface area (Å²) >= 11 is 0. The topological polar surface area (TPSA) is 57.5 Å². The fourth-order valence-electron chi connectivity index (χ4n) is 6.26. The van der Waals surface area contributed by atoms with Crippen molar-refractivity contribution in [2.75, 3.05) is 0 Å². The minimum absolute atomic E-state index is 0.116. The number of carbonyl (C=O) groups excluding carboxylic acids is 1. The molecule has 3 heteroatoms. The summed E-state index contributed by atoms with van der Waals surface area (Å²) in [4.78, 5) is 12.0. The molecule has 0 aromatic heterocycles. The predicted octanol–water partition coefficient (Wildman–Crippen LogP) is 2.15. The lowest BCUT2D eigenvalue weighted by molar-refractivity contribution is -0.134. The zero-order valence-electron chi connectivity index (χ0n) is 12.1. The van der Waals surface area contributed by atoms with Crippen LogP contribution in [0.4, 0.5) is 0 Å². The first-order valence-corrected chi connectivity index (χ1v) is 8.54. The van der Waals surface area contributed by atoms with E-state index in [0.29, 0.717) is 35.4 Å². The largest absolute Gasteiger partial charge is 0.393 e. The molecule has 0 saturated heterocycles. The van der Waals surface area contributed by atoms with Crippen molar-refractivity contribution in [1.29, 1.82) is 0 Å². The van der Waals surface area contributed by atoms with Crippen molar-refractivity contribution in [3.63, 3.8) is 0 Å². The monoisotopic (exact) mass is 278 g/mol. The van der Waals surface area contributed by atoms with E-state index in [2.05, 4.69) is 0 Å². The molecule has 3 nitrogen and oxygen atoms in total. The fourth-order valence-corrected chi connectivity index (χ4v) is 6.26. The summed E-state index contributed by atoms with van der Waals surface area (Å²) in [6, 6.07) is 0. The Morgan fingerprint density at radius 2 is 1.65 bits per heavy atom. The van der Waals surface area contributed by atoms with Crippen LogP contribution in [0.3, 0.4) is 0 Å². The van der Waals surface area contributed by atoms with Gasteiger partial charge in [-0.1, -0.05) is 0 Å². The lowest BCUT2D eigenvalue weighted by atomic mass is 9.52. The first-order valence-electron chi connectivity index (χ1n) is 8.54. The third-order valence-electron chi connectivity index (χ3n) is 7.02. The van der Waals surface area contributed by atoms with Gasteiger partial charge in [0.25, 0.3) is 0 Å². The lowest BCUT2D eigenvalue weighted by Crippen LogP contribution is -2.51. The SMILES string of the molecule is O=C1CCC2C1C[C@H](O)C1C2CC[C@@H]2C[C@H](O)CCC12. The average Bonchev–Trinajstić information content (AvgIpc) is 2.80. The van der Waals surface area contributed by atoms with Gasteiger partial charge in [0.15, 0.2) is 0 Å². The van der Waals surface area contributed by atoms with Crippen molar-refractivity contribution in [3.8, 4) is 0 Å². The van der Waals surface area contributed by atoms with E-state index in [1.54, 1.807) is 0 Å². The predicted molar refractivity (Wildman–Crippen MR) is 74.9 cm³/mol. The summed E-state index contributed by atoms with van der Waals surface area (Å²) < 4.78 is 0. The molecule has 0 aliphatic heterocycles. The summed E-state index contributed by atoms with van der Waals surface area (Å²) in [5, 5.41) is 20.5. The van der Waals surface area contributed by atoms with Gasteiger partial charge in [0.05, 0.1) is 12.2 Å². The summed E-state index contributed by atoms with van der Waals surface area (Å²) in [6.45, 7) is 0. The standard InChI is InChI=1S/C17H26O3/c18-10-2-4-11-9(7-10)1-3-13-12-5-6-15(19)14(12)8-16(20)17(11)13/h9-14,16-18,20H,1-8H2/t9-,10-,11?,12?,13?,14?,16+,17?/m1/s1. The normalized spacial score (nSPS) is 55.0. The van der Waals surface area contributed by atoms with E-state index in [4.69, 9.17) is 0 Å². The molecule has 20 heavy (non-hydrogen) atoms.